The zero-order valence-corrected chi connectivity index (χ0v) is 15.8. The van der Waals surface area contributed by atoms with Crippen LogP contribution in [0.25, 0.3) is 0 Å². The van der Waals surface area contributed by atoms with E-state index in [1.165, 1.54) is 0 Å². The van der Waals surface area contributed by atoms with Gasteiger partial charge in [0.05, 0.1) is 18.6 Å². The molecule has 7 heteroatoms. The van der Waals surface area contributed by atoms with Gasteiger partial charge in [-0.25, -0.2) is 0 Å². The highest BCUT2D eigenvalue weighted by Gasteiger charge is 2.33. The molecule has 1 N–H and O–H groups in total. The summed E-state index contributed by atoms with van der Waals surface area (Å²) >= 11 is 1.59. The van der Waals surface area contributed by atoms with Crippen molar-refractivity contribution in [3.05, 3.63) is 59.5 Å². The number of amides is 2. The van der Waals surface area contributed by atoms with Crippen molar-refractivity contribution < 1.29 is 14.0 Å². The predicted molar refractivity (Wildman–Crippen MR) is 102 cm³/mol. The Morgan fingerprint density at radius 2 is 2.08 bits per heavy atom. The van der Waals surface area contributed by atoms with Gasteiger partial charge in [-0.3, -0.25) is 9.59 Å². The minimum absolute atomic E-state index is 0.0570. The molecule has 138 valence electrons. The van der Waals surface area contributed by atoms with Crippen LogP contribution >= 0.6 is 11.8 Å². The van der Waals surface area contributed by atoms with Crippen LogP contribution in [0.15, 0.2) is 47.1 Å². The van der Waals surface area contributed by atoms with Gasteiger partial charge in [0.1, 0.15) is 11.1 Å². The first-order chi connectivity index (χ1) is 12.5. The lowest BCUT2D eigenvalue weighted by Gasteiger charge is -2.23. The largest absolute Gasteiger partial charge is 0.467 e. The van der Waals surface area contributed by atoms with Gasteiger partial charge in [-0.15, -0.1) is 11.8 Å². The van der Waals surface area contributed by atoms with Crippen molar-refractivity contribution in [1.82, 2.24) is 15.1 Å². The van der Waals surface area contributed by atoms with Crippen molar-refractivity contribution in [2.24, 2.45) is 0 Å². The molecule has 2 heterocycles. The van der Waals surface area contributed by atoms with Gasteiger partial charge in [0.15, 0.2) is 0 Å². The van der Waals surface area contributed by atoms with Gasteiger partial charge >= 0.3 is 0 Å². The van der Waals surface area contributed by atoms with Crippen LogP contribution in [0.1, 0.15) is 27.1 Å². The molecule has 0 aliphatic carbocycles. The summed E-state index contributed by atoms with van der Waals surface area (Å²) in [5.74, 6) is 1.24. The lowest BCUT2D eigenvalue weighted by Crippen LogP contribution is -2.31. The number of rotatable bonds is 7. The topological polar surface area (TPSA) is 65.8 Å². The molecule has 2 aromatic rings. The van der Waals surface area contributed by atoms with E-state index >= 15 is 0 Å². The molecule has 0 unspecified atom stereocenters. The average molecular weight is 373 g/mol. The maximum Gasteiger partial charge on any atom is 0.251 e. The van der Waals surface area contributed by atoms with Gasteiger partial charge in [-0.05, 0) is 43.9 Å². The predicted octanol–water partition coefficient (Wildman–Crippen LogP) is 2.35. The first-order valence-electron chi connectivity index (χ1n) is 8.51. The highest BCUT2D eigenvalue weighted by molar-refractivity contribution is 8.00. The lowest BCUT2D eigenvalue weighted by atomic mass is 10.1. The van der Waals surface area contributed by atoms with E-state index in [0.717, 1.165) is 17.9 Å². The molecule has 1 aromatic carbocycles. The maximum absolute atomic E-state index is 12.2. The standard InChI is InChI=1S/C19H23N3O3S/c1-21(2)10-9-20-18(24)14-5-7-15(8-6-14)19-22(17(23)13-26-19)12-16-4-3-11-25-16/h3-8,11,19H,9-10,12-13H2,1-2H3,(H,20,24)/t19-/m1/s1. The molecule has 1 aliphatic rings. The van der Waals surface area contributed by atoms with Crippen molar-refractivity contribution in [3.63, 3.8) is 0 Å². The number of likely N-dealkylation sites (N-methyl/N-ethyl adjacent to an activating group) is 1. The number of furan rings is 1. The molecular weight excluding hydrogens is 350 g/mol. The molecule has 1 fully saturated rings. The van der Waals surface area contributed by atoms with E-state index in [4.69, 9.17) is 4.42 Å². The monoisotopic (exact) mass is 373 g/mol. The summed E-state index contributed by atoms with van der Waals surface area (Å²) in [6.07, 6.45) is 1.61. The smallest absolute Gasteiger partial charge is 0.251 e. The molecule has 6 nitrogen and oxygen atoms in total. The SMILES string of the molecule is CN(C)CCNC(=O)c1ccc([C@H]2SCC(=O)N2Cc2ccco2)cc1. The molecular formula is C19H23N3O3S. The van der Waals surface area contributed by atoms with E-state index in [-0.39, 0.29) is 17.2 Å². The Hall–Kier alpha value is -2.25. The van der Waals surface area contributed by atoms with Gasteiger partial charge in [0, 0.05) is 18.7 Å². The molecule has 1 saturated heterocycles. The Balaban J connectivity index is 1.65. The zero-order valence-electron chi connectivity index (χ0n) is 15.0. The number of carbonyl (C=O) groups excluding carboxylic acids is 2. The number of carbonyl (C=O) groups is 2. The summed E-state index contributed by atoms with van der Waals surface area (Å²) in [6.45, 7) is 1.86. The fourth-order valence-corrected chi connectivity index (χ4v) is 3.95. The van der Waals surface area contributed by atoms with Crippen LogP contribution in [0, 0.1) is 0 Å². The van der Waals surface area contributed by atoms with E-state index in [1.807, 2.05) is 60.3 Å². The van der Waals surface area contributed by atoms with Crippen molar-refractivity contribution in [3.8, 4) is 0 Å². The fraction of sp³-hybridized carbons (Fsp3) is 0.368. The molecule has 26 heavy (non-hydrogen) atoms. The van der Waals surface area contributed by atoms with Gasteiger partial charge in [-0.1, -0.05) is 12.1 Å². The Morgan fingerprint density at radius 1 is 1.31 bits per heavy atom. The second-order valence-corrected chi connectivity index (χ2v) is 7.51. The van der Waals surface area contributed by atoms with Crippen molar-refractivity contribution in [2.45, 2.75) is 11.9 Å². The van der Waals surface area contributed by atoms with Crippen LogP contribution in [0.5, 0.6) is 0 Å². The van der Waals surface area contributed by atoms with Crippen LogP contribution in [-0.4, -0.2) is 54.6 Å². The zero-order chi connectivity index (χ0) is 18.5. The van der Waals surface area contributed by atoms with Gasteiger partial charge < -0.3 is 19.5 Å². The summed E-state index contributed by atoms with van der Waals surface area (Å²) in [7, 11) is 3.94. The molecule has 1 atom stereocenters. The quantitative estimate of drug-likeness (QED) is 0.807. The molecule has 0 spiro atoms. The van der Waals surface area contributed by atoms with Crippen molar-refractivity contribution in [1.29, 1.82) is 0 Å². The normalized spacial score (nSPS) is 17.1. The Morgan fingerprint density at radius 3 is 2.73 bits per heavy atom. The minimum atomic E-state index is -0.0824. The van der Waals surface area contributed by atoms with Crippen LogP contribution in [-0.2, 0) is 11.3 Å². The summed E-state index contributed by atoms with van der Waals surface area (Å²) in [5, 5.41) is 2.85. The van der Waals surface area contributed by atoms with Crippen LogP contribution in [0.4, 0.5) is 0 Å². The molecule has 3 rings (SSSR count). The van der Waals surface area contributed by atoms with E-state index in [2.05, 4.69) is 5.32 Å². The number of hydrogen-bond donors (Lipinski definition) is 1. The molecule has 1 aliphatic heterocycles. The van der Waals surface area contributed by atoms with Gasteiger partial charge in [0.25, 0.3) is 5.91 Å². The molecule has 1 aromatic heterocycles. The number of thioether (sulfide) groups is 1. The first-order valence-corrected chi connectivity index (χ1v) is 9.56. The average Bonchev–Trinajstić information content (AvgIpc) is 3.26. The third kappa shape index (κ3) is 4.47. The van der Waals surface area contributed by atoms with Gasteiger partial charge in [0.2, 0.25) is 5.91 Å². The summed E-state index contributed by atoms with van der Waals surface area (Å²) < 4.78 is 5.37. The molecule has 0 saturated carbocycles. The molecule has 2 amide bonds. The number of nitrogens with zero attached hydrogens (tertiary/aromatic N) is 2. The van der Waals surface area contributed by atoms with Gasteiger partial charge in [-0.2, -0.15) is 0 Å². The number of hydrogen-bond acceptors (Lipinski definition) is 5. The summed E-state index contributed by atoms with van der Waals surface area (Å²) in [6, 6.07) is 11.2. The maximum atomic E-state index is 12.2. The van der Waals surface area contributed by atoms with E-state index in [1.54, 1.807) is 18.0 Å². The molecule has 0 bridgehead atoms. The first kappa shape index (κ1) is 18.5. The lowest BCUT2D eigenvalue weighted by molar-refractivity contribution is -0.128. The van der Waals surface area contributed by atoms with Crippen molar-refractivity contribution >= 4 is 23.6 Å². The number of nitrogens with one attached hydrogen (secondary N) is 1. The minimum Gasteiger partial charge on any atom is -0.467 e. The Bertz CT molecular complexity index is 744. The highest BCUT2D eigenvalue weighted by Crippen LogP contribution is 2.39. The number of benzene rings is 1. The second-order valence-electron chi connectivity index (χ2n) is 6.45. The van der Waals surface area contributed by atoms with E-state index in [9.17, 15) is 9.59 Å². The van der Waals surface area contributed by atoms with Crippen molar-refractivity contribution in [2.75, 3.05) is 32.9 Å². The highest BCUT2D eigenvalue weighted by atomic mass is 32.2. The Kier molecular flexibility index (Phi) is 6.00. The summed E-state index contributed by atoms with van der Waals surface area (Å²) in [4.78, 5) is 28.2. The second kappa shape index (κ2) is 8.42. The van der Waals surface area contributed by atoms with Crippen LogP contribution in [0.3, 0.4) is 0 Å². The van der Waals surface area contributed by atoms with Crippen LogP contribution in [0.2, 0.25) is 0 Å². The third-order valence-corrected chi connectivity index (χ3v) is 5.43. The van der Waals surface area contributed by atoms with E-state index < -0.39 is 0 Å². The Labute approximate surface area is 157 Å². The van der Waals surface area contributed by atoms with Crippen LogP contribution < -0.4 is 5.32 Å². The summed E-state index contributed by atoms with van der Waals surface area (Å²) in [5.41, 5.74) is 1.64. The fourth-order valence-electron chi connectivity index (χ4n) is 2.77. The van der Waals surface area contributed by atoms with E-state index in [0.29, 0.717) is 24.4 Å². The molecule has 0 radical (unpaired) electrons. The third-order valence-electron chi connectivity index (χ3n) is 4.18.